The Morgan fingerprint density at radius 3 is 2.58 bits per heavy atom. The van der Waals surface area contributed by atoms with E-state index in [0.717, 1.165) is 28.5 Å². The molecule has 4 rings (SSSR count). The van der Waals surface area contributed by atoms with E-state index in [-0.39, 0.29) is 11.2 Å². The van der Waals surface area contributed by atoms with Crippen LogP contribution in [0.5, 0.6) is 5.75 Å². The highest BCUT2D eigenvalue weighted by molar-refractivity contribution is 8.00. The molecule has 2 heterocycles. The zero-order valence-corrected chi connectivity index (χ0v) is 18.4. The lowest BCUT2D eigenvalue weighted by Gasteiger charge is -2.12. The molecule has 0 aliphatic rings. The lowest BCUT2D eigenvalue weighted by molar-refractivity contribution is -0.115. The molecule has 0 aliphatic heterocycles. The van der Waals surface area contributed by atoms with E-state index in [1.807, 2.05) is 85.8 Å². The molecule has 1 amide bonds. The number of nitrogens with zero attached hydrogens (tertiary/aromatic N) is 4. The number of aryl methyl sites for hydroxylation is 2. The van der Waals surface area contributed by atoms with Gasteiger partial charge in [-0.25, -0.2) is 4.98 Å². The molecule has 1 N–H and O–H groups in total. The fourth-order valence-corrected chi connectivity index (χ4v) is 4.01. The molecule has 2 aromatic heterocycles. The van der Waals surface area contributed by atoms with Gasteiger partial charge >= 0.3 is 0 Å². The van der Waals surface area contributed by atoms with Crippen LogP contribution in [0.1, 0.15) is 24.0 Å². The van der Waals surface area contributed by atoms with Gasteiger partial charge in [-0.3, -0.25) is 9.20 Å². The van der Waals surface area contributed by atoms with Gasteiger partial charge in [0.15, 0.2) is 10.8 Å². The summed E-state index contributed by atoms with van der Waals surface area (Å²) in [6, 6.07) is 19.2. The molecule has 0 saturated heterocycles. The number of fused-ring (bicyclic) bond motifs is 1. The summed E-state index contributed by atoms with van der Waals surface area (Å²) in [5.41, 5.74) is 3.43. The predicted molar refractivity (Wildman–Crippen MR) is 121 cm³/mol. The molecule has 0 fully saturated rings. The van der Waals surface area contributed by atoms with Crippen molar-refractivity contribution in [2.45, 2.75) is 37.8 Å². The smallest absolute Gasteiger partial charge is 0.237 e. The summed E-state index contributed by atoms with van der Waals surface area (Å²) in [4.78, 5) is 17.1. The van der Waals surface area contributed by atoms with Crippen LogP contribution in [0.4, 0.5) is 5.69 Å². The molecule has 31 heavy (non-hydrogen) atoms. The average molecular weight is 434 g/mol. The zero-order valence-electron chi connectivity index (χ0n) is 17.6. The van der Waals surface area contributed by atoms with Crippen molar-refractivity contribution in [2.75, 3.05) is 5.32 Å². The molecular weight excluding hydrogens is 410 g/mol. The van der Waals surface area contributed by atoms with E-state index in [1.54, 1.807) is 0 Å². The number of aromatic nitrogens is 4. The fraction of sp³-hybridized carbons (Fsp3) is 0.217. The van der Waals surface area contributed by atoms with E-state index in [9.17, 15) is 4.79 Å². The molecule has 8 heteroatoms. The Balaban J connectivity index is 1.36. The quantitative estimate of drug-likeness (QED) is 0.434. The lowest BCUT2D eigenvalue weighted by Crippen LogP contribution is -2.22. The van der Waals surface area contributed by atoms with Gasteiger partial charge in [0.25, 0.3) is 0 Å². The molecule has 4 aromatic rings. The van der Waals surface area contributed by atoms with Crippen LogP contribution < -0.4 is 10.1 Å². The van der Waals surface area contributed by atoms with Crippen molar-refractivity contribution in [3.05, 3.63) is 77.7 Å². The third kappa shape index (κ3) is 5.03. The highest BCUT2D eigenvalue weighted by atomic mass is 32.2. The summed E-state index contributed by atoms with van der Waals surface area (Å²) >= 11 is 1.35. The minimum absolute atomic E-state index is 0.113. The van der Waals surface area contributed by atoms with E-state index in [0.29, 0.717) is 17.5 Å². The number of nitrogens with one attached hydrogen (secondary N) is 1. The van der Waals surface area contributed by atoms with Crippen LogP contribution in [-0.4, -0.2) is 30.7 Å². The number of benzene rings is 2. The standard InChI is InChI=1S/C23H23N5O2S/c1-15-13-21-26-27-23(28(21)17(3)24-15)31-16(2)22(29)25-19-9-11-20(12-10-19)30-14-18-7-5-4-6-8-18/h4-13,16H,14H2,1-3H3,(H,25,29). The first-order chi connectivity index (χ1) is 15.0. The summed E-state index contributed by atoms with van der Waals surface area (Å²) in [5, 5.41) is 11.6. The second kappa shape index (κ2) is 9.18. The van der Waals surface area contributed by atoms with Gasteiger partial charge in [-0.15, -0.1) is 10.2 Å². The Bertz CT molecular complexity index is 1190. The molecule has 0 bridgehead atoms. The molecular formula is C23H23N5O2S. The third-order valence-electron chi connectivity index (χ3n) is 4.68. The second-order valence-corrected chi connectivity index (χ2v) is 8.48. The van der Waals surface area contributed by atoms with Crippen LogP contribution in [0.25, 0.3) is 5.65 Å². The van der Waals surface area contributed by atoms with Crippen molar-refractivity contribution in [3.8, 4) is 5.75 Å². The first-order valence-electron chi connectivity index (χ1n) is 9.93. The summed E-state index contributed by atoms with van der Waals surface area (Å²) in [7, 11) is 0. The molecule has 2 aromatic carbocycles. The van der Waals surface area contributed by atoms with Crippen LogP contribution in [0.3, 0.4) is 0 Å². The van der Waals surface area contributed by atoms with Crippen LogP contribution >= 0.6 is 11.8 Å². The topological polar surface area (TPSA) is 81.4 Å². The van der Waals surface area contributed by atoms with Gasteiger partial charge in [-0.1, -0.05) is 42.1 Å². The number of amides is 1. The molecule has 7 nitrogen and oxygen atoms in total. The Morgan fingerprint density at radius 2 is 1.84 bits per heavy atom. The maximum atomic E-state index is 12.7. The molecule has 0 aliphatic carbocycles. The van der Waals surface area contributed by atoms with E-state index < -0.39 is 0 Å². The van der Waals surface area contributed by atoms with Crippen molar-refractivity contribution >= 4 is 29.0 Å². The largest absolute Gasteiger partial charge is 0.489 e. The minimum atomic E-state index is -0.359. The van der Waals surface area contributed by atoms with Gasteiger partial charge in [0.2, 0.25) is 5.91 Å². The van der Waals surface area contributed by atoms with Crippen LogP contribution in [0.15, 0.2) is 65.8 Å². The molecule has 0 spiro atoms. The Hall–Kier alpha value is -3.39. The fourth-order valence-electron chi connectivity index (χ4n) is 3.11. The number of anilines is 1. The molecule has 0 saturated carbocycles. The number of rotatable bonds is 7. The van der Waals surface area contributed by atoms with Gasteiger partial charge in [-0.2, -0.15) is 0 Å². The minimum Gasteiger partial charge on any atom is -0.489 e. The lowest BCUT2D eigenvalue weighted by atomic mass is 10.2. The SMILES string of the molecule is Cc1cc2nnc(SC(C)C(=O)Nc3ccc(OCc4ccccc4)cc3)n2c(C)n1. The maximum absolute atomic E-state index is 12.7. The van der Waals surface area contributed by atoms with Crippen molar-refractivity contribution in [3.63, 3.8) is 0 Å². The number of hydrogen-bond acceptors (Lipinski definition) is 6. The van der Waals surface area contributed by atoms with Crippen molar-refractivity contribution in [1.82, 2.24) is 19.6 Å². The van der Waals surface area contributed by atoms with Crippen LogP contribution in [0.2, 0.25) is 0 Å². The van der Waals surface area contributed by atoms with Crippen molar-refractivity contribution in [2.24, 2.45) is 0 Å². The molecule has 158 valence electrons. The number of carbonyl (C=O) groups excluding carboxylic acids is 1. The zero-order chi connectivity index (χ0) is 21.8. The Morgan fingerprint density at radius 1 is 1.10 bits per heavy atom. The first kappa shape index (κ1) is 20.9. The summed E-state index contributed by atoms with van der Waals surface area (Å²) < 4.78 is 7.65. The van der Waals surface area contributed by atoms with E-state index in [2.05, 4.69) is 20.5 Å². The maximum Gasteiger partial charge on any atom is 0.237 e. The molecule has 1 atom stereocenters. The summed E-state index contributed by atoms with van der Waals surface area (Å²) in [5.74, 6) is 1.43. The monoisotopic (exact) mass is 433 g/mol. The number of hydrogen-bond donors (Lipinski definition) is 1. The number of thioether (sulfide) groups is 1. The van der Waals surface area contributed by atoms with Gasteiger partial charge in [0.1, 0.15) is 18.2 Å². The normalized spacial score (nSPS) is 12.0. The van der Waals surface area contributed by atoms with Gasteiger partial charge in [0.05, 0.1) is 5.25 Å². The first-order valence-corrected chi connectivity index (χ1v) is 10.8. The Labute approximate surface area is 184 Å². The molecule has 1 unspecified atom stereocenters. The highest BCUT2D eigenvalue weighted by Crippen LogP contribution is 2.25. The van der Waals surface area contributed by atoms with Gasteiger partial charge in [0, 0.05) is 17.4 Å². The summed E-state index contributed by atoms with van der Waals surface area (Å²) in [6.45, 7) is 6.16. The van der Waals surface area contributed by atoms with E-state index >= 15 is 0 Å². The van der Waals surface area contributed by atoms with Gasteiger partial charge < -0.3 is 10.1 Å². The van der Waals surface area contributed by atoms with E-state index in [1.165, 1.54) is 11.8 Å². The predicted octanol–water partition coefficient (Wildman–Crippen LogP) is 4.44. The van der Waals surface area contributed by atoms with E-state index in [4.69, 9.17) is 4.74 Å². The third-order valence-corrected chi connectivity index (χ3v) is 5.72. The van der Waals surface area contributed by atoms with Crippen LogP contribution in [-0.2, 0) is 11.4 Å². The second-order valence-electron chi connectivity index (χ2n) is 7.17. The average Bonchev–Trinajstić information content (AvgIpc) is 3.16. The Kier molecular flexibility index (Phi) is 6.18. The van der Waals surface area contributed by atoms with Crippen molar-refractivity contribution < 1.29 is 9.53 Å². The number of carbonyl (C=O) groups is 1. The van der Waals surface area contributed by atoms with Gasteiger partial charge in [-0.05, 0) is 50.6 Å². The summed E-state index contributed by atoms with van der Waals surface area (Å²) in [6.07, 6.45) is 0. The molecule has 0 radical (unpaired) electrons. The highest BCUT2D eigenvalue weighted by Gasteiger charge is 2.19. The van der Waals surface area contributed by atoms with Crippen molar-refractivity contribution in [1.29, 1.82) is 0 Å². The van der Waals surface area contributed by atoms with Crippen LogP contribution in [0, 0.1) is 13.8 Å². The number of ether oxygens (including phenoxy) is 1.